The third-order valence-corrected chi connectivity index (χ3v) is 3.76. The van der Waals surface area contributed by atoms with E-state index in [0.29, 0.717) is 0 Å². The summed E-state index contributed by atoms with van der Waals surface area (Å²) in [6.45, 7) is 3.94. The first-order valence-corrected chi connectivity index (χ1v) is 5.88. The molecule has 0 bridgehead atoms. The molecule has 0 amide bonds. The number of hydrogen-bond acceptors (Lipinski definition) is 3. The van der Waals surface area contributed by atoms with Crippen molar-refractivity contribution in [1.29, 1.82) is 0 Å². The zero-order valence-corrected chi connectivity index (χ0v) is 9.59. The zero-order valence-electron chi connectivity index (χ0n) is 9.59. The maximum atomic E-state index is 6.55. The van der Waals surface area contributed by atoms with Crippen molar-refractivity contribution in [2.24, 2.45) is 10.7 Å². The second kappa shape index (κ2) is 3.32. The number of aliphatic imine (C=N–C) groups is 1. The maximum Gasteiger partial charge on any atom is 0.121 e. The molecule has 1 aromatic carbocycles. The maximum absolute atomic E-state index is 6.55. The van der Waals surface area contributed by atoms with E-state index in [1.54, 1.807) is 0 Å². The normalized spacial score (nSPS) is 27.5. The zero-order chi connectivity index (χ0) is 11.2. The highest BCUT2D eigenvalue weighted by Crippen LogP contribution is 2.37. The first-order chi connectivity index (χ1) is 7.72. The Morgan fingerprint density at radius 1 is 1.44 bits per heavy atom. The van der Waals surface area contributed by atoms with Crippen LogP contribution in [0, 0.1) is 6.92 Å². The van der Waals surface area contributed by atoms with Crippen LogP contribution < -0.4 is 11.1 Å². The summed E-state index contributed by atoms with van der Waals surface area (Å²) < 4.78 is 0. The Labute approximate surface area is 95.8 Å². The molecule has 1 aliphatic carbocycles. The van der Waals surface area contributed by atoms with Crippen molar-refractivity contribution in [3.05, 3.63) is 34.9 Å². The summed E-state index contributed by atoms with van der Waals surface area (Å²) in [5.41, 5.74) is 10.2. The molecule has 3 rings (SSSR count). The van der Waals surface area contributed by atoms with E-state index in [4.69, 9.17) is 5.73 Å². The fourth-order valence-corrected chi connectivity index (χ4v) is 2.85. The molecule has 1 aromatic rings. The van der Waals surface area contributed by atoms with Crippen LogP contribution in [0.4, 0.5) is 0 Å². The molecule has 2 aliphatic rings. The second-order valence-corrected chi connectivity index (χ2v) is 4.73. The molecule has 1 atom stereocenters. The highest BCUT2D eigenvalue weighted by Gasteiger charge is 2.40. The third-order valence-electron chi connectivity index (χ3n) is 3.76. The van der Waals surface area contributed by atoms with Crippen LogP contribution in [0.2, 0.25) is 0 Å². The van der Waals surface area contributed by atoms with Crippen LogP contribution in [0.3, 0.4) is 0 Å². The Balaban J connectivity index is 2.11. The molecule has 0 radical (unpaired) electrons. The minimum atomic E-state index is -0.363. The Morgan fingerprint density at radius 2 is 2.31 bits per heavy atom. The topological polar surface area (TPSA) is 50.4 Å². The molecule has 1 heterocycles. The monoisotopic (exact) mass is 215 g/mol. The van der Waals surface area contributed by atoms with Gasteiger partial charge in [-0.3, -0.25) is 4.99 Å². The molecule has 3 heteroatoms. The molecule has 0 saturated carbocycles. The molecular weight excluding hydrogens is 198 g/mol. The number of hydrogen-bond donors (Lipinski definition) is 2. The van der Waals surface area contributed by atoms with E-state index in [1.165, 1.54) is 16.7 Å². The van der Waals surface area contributed by atoms with Crippen LogP contribution in [0.25, 0.3) is 0 Å². The predicted octanol–water partition coefficient (Wildman–Crippen LogP) is 1.10. The number of benzene rings is 1. The molecule has 0 fully saturated rings. The molecule has 16 heavy (non-hydrogen) atoms. The van der Waals surface area contributed by atoms with Gasteiger partial charge in [0.15, 0.2) is 0 Å². The number of rotatable bonds is 1. The van der Waals surface area contributed by atoms with E-state index in [2.05, 4.69) is 35.4 Å². The van der Waals surface area contributed by atoms with Gasteiger partial charge in [-0.05, 0) is 36.5 Å². The van der Waals surface area contributed by atoms with Gasteiger partial charge < -0.3 is 11.1 Å². The standard InChI is InChI=1S/C13H17N3/c1-9-3-2-4-11-10(9)5-6-13(11,14)12-15-7-8-16-12/h2-4H,5-8,14H2,1H3,(H,15,16)/t13-/m1/s1. The van der Waals surface area contributed by atoms with E-state index in [-0.39, 0.29) is 5.54 Å². The summed E-state index contributed by atoms with van der Waals surface area (Å²) in [5, 5.41) is 3.32. The summed E-state index contributed by atoms with van der Waals surface area (Å²) in [4.78, 5) is 4.50. The van der Waals surface area contributed by atoms with E-state index in [1.807, 2.05) is 0 Å². The van der Waals surface area contributed by atoms with Gasteiger partial charge in [0.1, 0.15) is 5.84 Å². The van der Waals surface area contributed by atoms with Gasteiger partial charge in [-0.25, -0.2) is 0 Å². The molecule has 0 aromatic heterocycles. The summed E-state index contributed by atoms with van der Waals surface area (Å²) >= 11 is 0. The molecule has 3 N–H and O–H groups in total. The number of aryl methyl sites for hydroxylation is 1. The highest BCUT2D eigenvalue weighted by molar-refractivity contribution is 5.94. The fourth-order valence-electron chi connectivity index (χ4n) is 2.85. The van der Waals surface area contributed by atoms with Crippen LogP contribution in [-0.4, -0.2) is 18.9 Å². The average molecular weight is 215 g/mol. The van der Waals surface area contributed by atoms with E-state index in [9.17, 15) is 0 Å². The van der Waals surface area contributed by atoms with Crippen molar-refractivity contribution >= 4 is 5.84 Å². The van der Waals surface area contributed by atoms with Crippen molar-refractivity contribution < 1.29 is 0 Å². The number of amidine groups is 1. The largest absolute Gasteiger partial charge is 0.370 e. The lowest BCUT2D eigenvalue weighted by Crippen LogP contribution is -2.48. The van der Waals surface area contributed by atoms with Crippen LogP contribution in [0.5, 0.6) is 0 Å². The average Bonchev–Trinajstić information content (AvgIpc) is 2.88. The molecular formula is C13H17N3. The van der Waals surface area contributed by atoms with E-state index >= 15 is 0 Å². The Kier molecular flexibility index (Phi) is 2.04. The van der Waals surface area contributed by atoms with Gasteiger partial charge in [-0.2, -0.15) is 0 Å². The number of nitrogens with zero attached hydrogens (tertiary/aromatic N) is 1. The van der Waals surface area contributed by atoms with Crippen molar-refractivity contribution in [2.45, 2.75) is 25.3 Å². The quantitative estimate of drug-likeness (QED) is 0.737. The van der Waals surface area contributed by atoms with E-state index in [0.717, 1.165) is 31.8 Å². The van der Waals surface area contributed by atoms with Crippen molar-refractivity contribution in [2.75, 3.05) is 13.1 Å². The highest BCUT2D eigenvalue weighted by atomic mass is 15.1. The van der Waals surface area contributed by atoms with Gasteiger partial charge in [0, 0.05) is 6.54 Å². The van der Waals surface area contributed by atoms with Crippen molar-refractivity contribution in [1.82, 2.24) is 5.32 Å². The Hall–Kier alpha value is -1.35. The summed E-state index contributed by atoms with van der Waals surface area (Å²) in [6.07, 6.45) is 2.04. The van der Waals surface area contributed by atoms with Gasteiger partial charge in [0.05, 0.1) is 12.1 Å². The molecule has 0 unspecified atom stereocenters. The fraction of sp³-hybridized carbons (Fsp3) is 0.462. The lowest BCUT2D eigenvalue weighted by molar-refractivity contribution is 0.582. The molecule has 0 saturated heterocycles. The second-order valence-electron chi connectivity index (χ2n) is 4.73. The van der Waals surface area contributed by atoms with Crippen molar-refractivity contribution in [3.63, 3.8) is 0 Å². The minimum absolute atomic E-state index is 0.363. The van der Waals surface area contributed by atoms with Crippen molar-refractivity contribution in [3.8, 4) is 0 Å². The summed E-state index contributed by atoms with van der Waals surface area (Å²) in [5.74, 6) is 0.983. The number of nitrogens with two attached hydrogens (primary N) is 1. The lowest BCUT2D eigenvalue weighted by Gasteiger charge is -2.26. The Bertz CT molecular complexity index is 464. The molecule has 84 valence electrons. The Morgan fingerprint density at radius 3 is 3.06 bits per heavy atom. The van der Waals surface area contributed by atoms with Gasteiger partial charge in [0.25, 0.3) is 0 Å². The van der Waals surface area contributed by atoms with Crippen LogP contribution in [0.1, 0.15) is 23.1 Å². The minimum Gasteiger partial charge on any atom is -0.370 e. The first-order valence-electron chi connectivity index (χ1n) is 5.88. The lowest BCUT2D eigenvalue weighted by atomic mass is 9.91. The summed E-state index contributed by atoms with van der Waals surface area (Å²) in [6, 6.07) is 6.41. The van der Waals surface area contributed by atoms with Crippen LogP contribution in [0.15, 0.2) is 23.2 Å². The molecule has 1 aliphatic heterocycles. The van der Waals surface area contributed by atoms with Crippen LogP contribution >= 0.6 is 0 Å². The van der Waals surface area contributed by atoms with Gasteiger partial charge in [0.2, 0.25) is 0 Å². The SMILES string of the molecule is Cc1cccc2c1CC[C@]2(N)C1=NCCN1. The molecule has 3 nitrogen and oxygen atoms in total. The first kappa shape index (κ1) is 9.85. The van der Waals surface area contributed by atoms with Gasteiger partial charge >= 0.3 is 0 Å². The molecule has 0 spiro atoms. The number of fused-ring (bicyclic) bond motifs is 1. The smallest absolute Gasteiger partial charge is 0.121 e. The summed E-state index contributed by atoms with van der Waals surface area (Å²) in [7, 11) is 0. The number of nitrogens with one attached hydrogen (secondary N) is 1. The van der Waals surface area contributed by atoms with E-state index < -0.39 is 0 Å². The third kappa shape index (κ3) is 1.21. The predicted molar refractivity (Wildman–Crippen MR) is 65.7 cm³/mol. The van der Waals surface area contributed by atoms with Gasteiger partial charge in [-0.15, -0.1) is 0 Å². The van der Waals surface area contributed by atoms with Crippen LogP contribution in [-0.2, 0) is 12.0 Å². The van der Waals surface area contributed by atoms with Gasteiger partial charge in [-0.1, -0.05) is 18.2 Å².